The van der Waals surface area contributed by atoms with Crippen LogP contribution < -0.4 is 0 Å². The summed E-state index contributed by atoms with van der Waals surface area (Å²) in [6.07, 6.45) is -0.855. The number of aliphatic hydroxyl groups is 1. The van der Waals surface area contributed by atoms with Gasteiger partial charge in [-0.3, -0.25) is 0 Å². The lowest BCUT2D eigenvalue weighted by Gasteiger charge is -2.13. The van der Waals surface area contributed by atoms with Gasteiger partial charge in [-0.25, -0.2) is 0 Å². The van der Waals surface area contributed by atoms with Crippen LogP contribution in [0.1, 0.15) is 11.1 Å². The number of hydrogen-bond acceptors (Lipinski definition) is 1. The van der Waals surface area contributed by atoms with Crippen LogP contribution in [0, 0.1) is 0 Å². The molecular weight excluding hydrogens is 180 g/mol. The number of rotatable bonds is 3. The summed E-state index contributed by atoms with van der Waals surface area (Å²) in [6.45, 7) is -4.90. The zero-order valence-corrected chi connectivity index (χ0v) is 6.88. The molecular formula is C8H9BF3O-. The predicted octanol–water partition coefficient (Wildman–Crippen LogP) is 2.11. The highest BCUT2D eigenvalue weighted by Gasteiger charge is 2.22. The fourth-order valence-corrected chi connectivity index (χ4v) is 1.05. The van der Waals surface area contributed by atoms with E-state index in [1.807, 2.05) is 0 Å². The van der Waals surface area contributed by atoms with Crippen LogP contribution in [0.3, 0.4) is 0 Å². The van der Waals surface area contributed by atoms with Crippen molar-refractivity contribution < 1.29 is 18.1 Å². The van der Waals surface area contributed by atoms with Crippen molar-refractivity contribution in [2.45, 2.75) is 12.9 Å². The van der Waals surface area contributed by atoms with Crippen molar-refractivity contribution in [3.8, 4) is 0 Å². The van der Waals surface area contributed by atoms with E-state index in [1.165, 1.54) is 24.3 Å². The second kappa shape index (κ2) is 3.83. The summed E-state index contributed by atoms with van der Waals surface area (Å²) in [7, 11) is 0. The molecule has 0 aliphatic carbocycles. The minimum absolute atomic E-state index is 0.141. The van der Waals surface area contributed by atoms with E-state index in [2.05, 4.69) is 0 Å². The molecule has 5 heteroatoms. The lowest BCUT2D eigenvalue weighted by Crippen LogP contribution is -2.19. The summed E-state index contributed by atoms with van der Waals surface area (Å²) >= 11 is 0. The summed E-state index contributed by atoms with van der Waals surface area (Å²) in [6, 6.07) is 5.77. The zero-order chi connectivity index (χ0) is 9.90. The summed E-state index contributed by atoms with van der Waals surface area (Å²) in [5, 5.41) is 8.64. The average molecular weight is 189 g/mol. The third-order valence-electron chi connectivity index (χ3n) is 1.67. The van der Waals surface area contributed by atoms with Gasteiger partial charge in [0.25, 0.3) is 0 Å². The van der Waals surface area contributed by atoms with Gasteiger partial charge in [0.1, 0.15) is 0 Å². The van der Waals surface area contributed by atoms with Crippen molar-refractivity contribution >= 4 is 6.98 Å². The second-order valence-electron chi connectivity index (χ2n) is 2.89. The van der Waals surface area contributed by atoms with Crippen molar-refractivity contribution in [3.63, 3.8) is 0 Å². The van der Waals surface area contributed by atoms with E-state index >= 15 is 0 Å². The molecule has 0 aliphatic heterocycles. The minimum atomic E-state index is -4.76. The van der Waals surface area contributed by atoms with Crippen LogP contribution in [-0.2, 0) is 12.9 Å². The highest BCUT2D eigenvalue weighted by molar-refractivity contribution is 6.57. The molecule has 0 amide bonds. The first-order valence-electron chi connectivity index (χ1n) is 3.91. The van der Waals surface area contributed by atoms with Gasteiger partial charge in [-0.1, -0.05) is 36.1 Å². The fraction of sp³-hybridized carbons (Fsp3) is 0.250. The Balaban J connectivity index is 2.70. The number of aliphatic hydroxyl groups excluding tert-OH is 1. The molecule has 0 radical (unpaired) electrons. The molecule has 72 valence electrons. The monoisotopic (exact) mass is 189 g/mol. The lowest BCUT2D eigenvalue weighted by molar-refractivity contribution is 0.282. The maximum absolute atomic E-state index is 11.9. The van der Waals surface area contributed by atoms with Gasteiger partial charge >= 0.3 is 6.98 Å². The van der Waals surface area contributed by atoms with Crippen LogP contribution >= 0.6 is 0 Å². The SMILES string of the molecule is OCc1ccc(C[B-](F)(F)F)cc1. The van der Waals surface area contributed by atoms with E-state index in [-0.39, 0.29) is 12.2 Å². The van der Waals surface area contributed by atoms with Gasteiger partial charge < -0.3 is 18.1 Å². The van der Waals surface area contributed by atoms with Gasteiger partial charge in [-0.15, -0.1) is 0 Å². The molecule has 0 aliphatic rings. The molecule has 0 fully saturated rings. The Morgan fingerprint density at radius 1 is 1.00 bits per heavy atom. The average Bonchev–Trinajstić information content (AvgIpc) is 2.03. The number of benzene rings is 1. The first kappa shape index (κ1) is 10.1. The van der Waals surface area contributed by atoms with E-state index in [0.29, 0.717) is 5.56 Å². The highest BCUT2D eigenvalue weighted by atomic mass is 19.4. The molecule has 0 bridgehead atoms. The molecule has 1 aromatic carbocycles. The van der Waals surface area contributed by atoms with Gasteiger partial charge in [-0.2, -0.15) is 0 Å². The highest BCUT2D eigenvalue weighted by Crippen LogP contribution is 2.16. The lowest BCUT2D eigenvalue weighted by atomic mass is 9.82. The van der Waals surface area contributed by atoms with Gasteiger partial charge in [0, 0.05) is 0 Å². The standard InChI is InChI=1S/C8H9BF3O/c10-9(11,12)5-7-1-3-8(6-13)4-2-7/h1-4,13H,5-6H2/q-1. The van der Waals surface area contributed by atoms with Gasteiger partial charge in [0.15, 0.2) is 0 Å². The van der Waals surface area contributed by atoms with Crippen LogP contribution in [0.25, 0.3) is 0 Å². The Bertz CT molecular complexity index is 268. The van der Waals surface area contributed by atoms with Crippen LogP contribution in [0.15, 0.2) is 24.3 Å². The first-order chi connectivity index (χ1) is 6.01. The number of hydrogen-bond donors (Lipinski definition) is 1. The Morgan fingerprint density at radius 3 is 1.85 bits per heavy atom. The van der Waals surface area contributed by atoms with Crippen LogP contribution in [0.5, 0.6) is 0 Å². The topological polar surface area (TPSA) is 20.2 Å². The summed E-state index contributed by atoms with van der Waals surface area (Å²) < 4.78 is 35.8. The second-order valence-corrected chi connectivity index (χ2v) is 2.89. The maximum atomic E-state index is 11.9. The van der Waals surface area contributed by atoms with Crippen LogP contribution in [0.4, 0.5) is 12.9 Å². The molecule has 13 heavy (non-hydrogen) atoms. The van der Waals surface area contributed by atoms with Crippen molar-refractivity contribution in [1.29, 1.82) is 0 Å². The molecule has 1 nitrogen and oxygen atoms in total. The van der Waals surface area contributed by atoms with Gasteiger partial charge in [0.2, 0.25) is 0 Å². The quantitative estimate of drug-likeness (QED) is 0.721. The molecule has 1 N–H and O–H groups in total. The fourth-order valence-electron chi connectivity index (χ4n) is 1.05. The molecule has 0 atom stereocenters. The molecule has 0 saturated heterocycles. The zero-order valence-electron chi connectivity index (χ0n) is 6.88. The molecule has 1 rings (SSSR count). The first-order valence-corrected chi connectivity index (χ1v) is 3.91. The van der Waals surface area contributed by atoms with Gasteiger partial charge in [0.05, 0.1) is 6.61 Å². The molecule has 0 spiro atoms. The Labute approximate surface area is 74.3 Å². The molecule has 1 aromatic rings. The molecule has 0 unspecified atom stereocenters. The smallest absolute Gasteiger partial charge is 0.449 e. The Hall–Kier alpha value is -0.965. The third-order valence-corrected chi connectivity index (χ3v) is 1.67. The summed E-state index contributed by atoms with van der Waals surface area (Å²) in [4.78, 5) is 0. The van der Waals surface area contributed by atoms with Crippen molar-refractivity contribution in [3.05, 3.63) is 35.4 Å². The van der Waals surface area contributed by atoms with E-state index < -0.39 is 13.3 Å². The van der Waals surface area contributed by atoms with E-state index in [4.69, 9.17) is 5.11 Å². The molecule has 0 saturated carbocycles. The summed E-state index contributed by atoms with van der Waals surface area (Å²) in [5.41, 5.74) is 0.864. The third kappa shape index (κ3) is 3.50. The van der Waals surface area contributed by atoms with Crippen molar-refractivity contribution in [2.24, 2.45) is 0 Å². The normalized spacial score (nSPS) is 11.7. The molecule has 0 heterocycles. The Kier molecular flexibility index (Phi) is 2.98. The largest absolute Gasteiger partial charge is 0.482 e. The predicted molar refractivity (Wildman–Crippen MR) is 45.1 cm³/mol. The maximum Gasteiger partial charge on any atom is 0.482 e. The minimum Gasteiger partial charge on any atom is -0.449 e. The van der Waals surface area contributed by atoms with E-state index in [1.54, 1.807) is 0 Å². The van der Waals surface area contributed by atoms with Crippen LogP contribution in [-0.4, -0.2) is 12.1 Å². The van der Waals surface area contributed by atoms with E-state index in [9.17, 15) is 12.9 Å². The van der Waals surface area contributed by atoms with Crippen molar-refractivity contribution in [1.82, 2.24) is 0 Å². The van der Waals surface area contributed by atoms with Crippen LogP contribution in [0.2, 0.25) is 0 Å². The summed E-state index contributed by atoms with van der Waals surface area (Å²) in [5.74, 6) is 0. The number of halogens is 3. The van der Waals surface area contributed by atoms with E-state index in [0.717, 1.165) is 0 Å². The Morgan fingerprint density at radius 2 is 1.46 bits per heavy atom. The molecule has 0 aromatic heterocycles. The van der Waals surface area contributed by atoms with Gasteiger partial charge in [-0.05, 0) is 5.56 Å². The van der Waals surface area contributed by atoms with Crippen molar-refractivity contribution in [2.75, 3.05) is 0 Å².